The Kier molecular flexibility index (Phi) is 8.29. The predicted octanol–water partition coefficient (Wildman–Crippen LogP) is 17.3. The van der Waals surface area contributed by atoms with Crippen LogP contribution < -0.4 is 4.90 Å². The highest BCUT2D eigenvalue weighted by atomic mass is 15.1. The van der Waals surface area contributed by atoms with E-state index in [0.717, 1.165) is 11.8 Å². The molecule has 4 fully saturated rings. The van der Waals surface area contributed by atoms with Gasteiger partial charge in [0.25, 0.3) is 0 Å². The summed E-state index contributed by atoms with van der Waals surface area (Å²) in [5, 5.41) is 2.55. The van der Waals surface area contributed by atoms with Crippen LogP contribution in [0.15, 0.2) is 200 Å². The number of anilines is 3. The Morgan fingerprint density at radius 3 is 1.61 bits per heavy atom. The number of rotatable bonds is 6. The van der Waals surface area contributed by atoms with E-state index in [1.54, 1.807) is 11.1 Å². The molecule has 0 aromatic heterocycles. The van der Waals surface area contributed by atoms with Gasteiger partial charge in [-0.1, -0.05) is 178 Å². The van der Waals surface area contributed by atoms with E-state index in [1.165, 1.54) is 127 Å². The molecule has 1 heteroatoms. The summed E-state index contributed by atoms with van der Waals surface area (Å²) in [6, 6.07) is 76.2. The standard InChI is InChI=1S/C65H53N/c1-64(2)59-26-8-6-21-56(59)58-25-13-24-54(63(58)64)46-18-10-19-50(39-46)66(49-30-28-44(29-31-49)53-23-12-17-45-16-11-22-52(62(45)53)43-14-4-3-5-15-43)51-32-33-57-55-20-7-9-27-60(55)65(61(57)40-51)47-35-41-34-42(37-47)38-48(65)36-41/h3-33,39-42,47-48H,34-38H2,1-2H3. The number of nitrogens with zero attached hydrogens (tertiary/aromatic N) is 1. The minimum Gasteiger partial charge on any atom is -0.310 e. The van der Waals surface area contributed by atoms with Crippen LogP contribution in [0.4, 0.5) is 17.1 Å². The van der Waals surface area contributed by atoms with Crippen LogP contribution in [0.3, 0.4) is 0 Å². The second-order valence-corrected chi connectivity index (χ2v) is 20.9. The summed E-state index contributed by atoms with van der Waals surface area (Å²) in [5.74, 6) is 3.21. The quantitative estimate of drug-likeness (QED) is 0.161. The van der Waals surface area contributed by atoms with Crippen molar-refractivity contribution in [3.8, 4) is 55.6 Å². The van der Waals surface area contributed by atoms with Gasteiger partial charge in [0.15, 0.2) is 0 Å². The fraction of sp³-hybridized carbons (Fsp3) is 0.200. The van der Waals surface area contributed by atoms with Gasteiger partial charge < -0.3 is 4.90 Å². The van der Waals surface area contributed by atoms with E-state index >= 15 is 0 Å². The summed E-state index contributed by atoms with van der Waals surface area (Å²) < 4.78 is 0. The minimum absolute atomic E-state index is 0.0861. The largest absolute Gasteiger partial charge is 0.310 e. The van der Waals surface area contributed by atoms with Gasteiger partial charge in [0.1, 0.15) is 0 Å². The Morgan fingerprint density at radius 2 is 0.879 bits per heavy atom. The summed E-state index contributed by atoms with van der Waals surface area (Å²) in [6.45, 7) is 4.81. The molecule has 66 heavy (non-hydrogen) atoms. The van der Waals surface area contributed by atoms with E-state index in [0.29, 0.717) is 11.8 Å². The van der Waals surface area contributed by atoms with E-state index in [-0.39, 0.29) is 10.8 Å². The molecular weight excluding hydrogens is 795 g/mol. The van der Waals surface area contributed by atoms with E-state index < -0.39 is 0 Å². The monoisotopic (exact) mass is 847 g/mol. The highest BCUT2D eigenvalue weighted by Gasteiger charge is 2.61. The van der Waals surface area contributed by atoms with Crippen LogP contribution in [0.5, 0.6) is 0 Å². The summed E-state index contributed by atoms with van der Waals surface area (Å²) in [6.07, 6.45) is 6.96. The predicted molar refractivity (Wildman–Crippen MR) is 276 cm³/mol. The Balaban J connectivity index is 0.946. The molecule has 0 amide bonds. The topological polar surface area (TPSA) is 3.24 Å². The lowest BCUT2D eigenvalue weighted by atomic mass is 9.43. The molecule has 0 saturated heterocycles. The fourth-order valence-electron chi connectivity index (χ4n) is 14.9. The zero-order valence-electron chi connectivity index (χ0n) is 37.8. The molecule has 0 atom stereocenters. The average molecular weight is 848 g/mol. The van der Waals surface area contributed by atoms with Crippen LogP contribution in [-0.4, -0.2) is 0 Å². The van der Waals surface area contributed by atoms with Crippen molar-refractivity contribution < 1.29 is 0 Å². The number of fused-ring (bicyclic) bond motifs is 7. The maximum atomic E-state index is 2.65. The van der Waals surface area contributed by atoms with Gasteiger partial charge in [0.2, 0.25) is 0 Å². The van der Waals surface area contributed by atoms with Crippen molar-refractivity contribution in [3.05, 3.63) is 222 Å². The van der Waals surface area contributed by atoms with Crippen molar-refractivity contribution in [2.75, 3.05) is 4.90 Å². The molecule has 6 aliphatic carbocycles. The highest BCUT2D eigenvalue weighted by molar-refractivity contribution is 6.06. The first-order chi connectivity index (χ1) is 32.4. The second kappa shape index (κ2) is 14.3. The van der Waals surface area contributed by atoms with Crippen molar-refractivity contribution in [3.63, 3.8) is 0 Å². The van der Waals surface area contributed by atoms with Crippen molar-refractivity contribution in [2.45, 2.75) is 56.8 Å². The fourth-order valence-corrected chi connectivity index (χ4v) is 14.9. The van der Waals surface area contributed by atoms with E-state index in [1.807, 2.05) is 0 Å². The van der Waals surface area contributed by atoms with Gasteiger partial charge >= 0.3 is 0 Å². The van der Waals surface area contributed by atoms with Gasteiger partial charge in [-0.3, -0.25) is 0 Å². The number of hydrogen-bond acceptors (Lipinski definition) is 1. The maximum Gasteiger partial charge on any atom is 0.0467 e. The highest BCUT2D eigenvalue weighted by Crippen LogP contribution is 2.69. The Labute approximate surface area is 389 Å². The van der Waals surface area contributed by atoms with Gasteiger partial charge in [-0.05, 0) is 181 Å². The molecule has 0 unspecified atom stereocenters. The van der Waals surface area contributed by atoms with E-state index in [2.05, 4.69) is 219 Å². The molecule has 1 spiro atoms. The lowest BCUT2D eigenvalue weighted by molar-refractivity contribution is -0.0399. The smallest absolute Gasteiger partial charge is 0.0467 e. The first-order valence-electron chi connectivity index (χ1n) is 24.5. The summed E-state index contributed by atoms with van der Waals surface area (Å²) in [5.41, 5.74) is 22.8. The molecule has 1 nitrogen and oxygen atoms in total. The molecule has 15 rings (SSSR count). The molecule has 0 aliphatic heterocycles. The van der Waals surface area contributed by atoms with Crippen LogP contribution in [0.2, 0.25) is 0 Å². The minimum atomic E-state index is -0.113. The van der Waals surface area contributed by atoms with Gasteiger partial charge in [-0.15, -0.1) is 0 Å². The van der Waals surface area contributed by atoms with Gasteiger partial charge in [0, 0.05) is 27.9 Å². The normalized spacial score (nSPS) is 22.3. The van der Waals surface area contributed by atoms with E-state index in [4.69, 9.17) is 0 Å². The number of hydrogen-bond donors (Lipinski definition) is 0. The summed E-state index contributed by atoms with van der Waals surface area (Å²) >= 11 is 0. The molecule has 0 N–H and O–H groups in total. The maximum absolute atomic E-state index is 2.65. The number of benzene rings is 9. The van der Waals surface area contributed by atoms with Crippen LogP contribution in [0, 0.1) is 23.7 Å². The molecule has 6 aliphatic rings. The lowest BCUT2D eigenvalue weighted by Gasteiger charge is -2.61. The van der Waals surface area contributed by atoms with Gasteiger partial charge in [-0.25, -0.2) is 0 Å². The molecule has 9 aromatic rings. The van der Waals surface area contributed by atoms with E-state index in [9.17, 15) is 0 Å². The van der Waals surface area contributed by atoms with Crippen molar-refractivity contribution >= 4 is 27.8 Å². The Morgan fingerprint density at radius 1 is 0.364 bits per heavy atom. The summed E-state index contributed by atoms with van der Waals surface area (Å²) in [7, 11) is 0. The van der Waals surface area contributed by atoms with Crippen LogP contribution in [-0.2, 0) is 10.8 Å². The Bertz CT molecular complexity index is 3370. The molecule has 0 radical (unpaired) electrons. The van der Waals surface area contributed by atoms with Gasteiger partial charge in [0.05, 0.1) is 0 Å². The van der Waals surface area contributed by atoms with Crippen molar-refractivity contribution in [2.24, 2.45) is 23.7 Å². The zero-order chi connectivity index (χ0) is 43.7. The molecule has 318 valence electrons. The molecule has 4 bridgehead atoms. The molecule has 4 saturated carbocycles. The molecule has 0 heterocycles. The lowest BCUT2D eigenvalue weighted by Crippen LogP contribution is -2.55. The van der Waals surface area contributed by atoms with Crippen LogP contribution >= 0.6 is 0 Å². The third kappa shape index (κ3) is 5.41. The van der Waals surface area contributed by atoms with Crippen LogP contribution in [0.25, 0.3) is 66.4 Å². The zero-order valence-corrected chi connectivity index (χ0v) is 37.8. The van der Waals surface area contributed by atoms with Crippen molar-refractivity contribution in [1.82, 2.24) is 0 Å². The summed E-state index contributed by atoms with van der Waals surface area (Å²) in [4.78, 5) is 2.56. The first-order valence-corrected chi connectivity index (χ1v) is 24.5. The van der Waals surface area contributed by atoms with Gasteiger partial charge in [-0.2, -0.15) is 0 Å². The molecular formula is C65H53N. The first kappa shape index (κ1) is 38.3. The third-order valence-corrected chi connectivity index (χ3v) is 17.2. The Hall–Kier alpha value is -6.96. The average Bonchev–Trinajstić information content (AvgIpc) is 3.78. The molecule has 9 aromatic carbocycles. The third-order valence-electron chi connectivity index (χ3n) is 17.2. The van der Waals surface area contributed by atoms with Crippen LogP contribution in [0.1, 0.15) is 68.2 Å². The van der Waals surface area contributed by atoms with Crippen molar-refractivity contribution in [1.29, 1.82) is 0 Å². The SMILES string of the molecule is CC1(C)c2ccccc2-c2cccc(-c3cccc(N(c4ccc(-c5cccc6cccc(-c7ccccc7)c56)cc4)c4ccc5c(c4)C4(c6ccccc6-5)C5CC6CC(C5)CC4C6)c3)c21. The second-order valence-electron chi connectivity index (χ2n) is 20.9.